The molecule has 9 nitrogen and oxygen atoms in total. The van der Waals surface area contributed by atoms with Crippen molar-refractivity contribution in [1.29, 1.82) is 0 Å². The molecule has 0 aliphatic carbocycles. The summed E-state index contributed by atoms with van der Waals surface area (Å²) < 4.78 is 34.4. The van der Waals surface area contributed by atoms with Gasteiger partial charge in [0, 0.05) is 44.9 Å². The predicted octanol–water partition coefficient (Wildman–Crippen LogP) is 3.67. The molecule has 0 aromatic heterocycles. The Balaban J connectivity index is 1.63. The van der Waals surface area contributed by atoms with E-state index in [2.05, 4.69) is 15.4 Å². The highest BCUT2D eigenvalue weighted by molar-refractivity contribution is 7.92. The van der Waals surface area contributed by atoms with Crippen LogP contribution in [0.5, 0.6) is 5.75 Å². The molecule has 2 amide bonds. The fourth-order valence-corrected chi connectivity index (χ4v) is 5.01. The van der Waals surface area contributed by atoms with Crippen molar-refractivity contribution < 1.29 is 22.7 Å². The van der Waals surface area contributed by atoms with E-state index in [4.69, 9.17) is 4.74 Å². The molecule has 0 fully saturated rings. The molecule has 0 radical (unpaired) electrons. The molecule has 0 atom stereocenters. The summed E-state index contributed by atoms with van der Waals surface area (Å²) in [6, 6.07) is 19.1. The number of benzene rings is 3. The highest BCUT2D eigenvalue weighted by atomic mass is 32.2. The normalized spacial score (nSPS) is 10.9. The fourth-order valence-electron chi connectivity index (χ4n) is 3.74. The molecule has 202 valence electrons. The van der Waals surface area contributed by atoms with E-state index in [0.29, 0.717) is 42.0 Å². The largest absolute Gasteiger partial charge is 0.495 e. The molecule has 3 N–H and O–H groups in total. The predicted molar refractivity (Wildman–Crippen MR) is 149 cm³/mol. The Morgan fingerprint density at radius 1 is 0.921 bits per heavy atom. The number of carbonyl (C=O) groups excluding carboxylic acids is 2. The highest BCUT2D eigenvalue weighted by Crippen LogP contribution is 2.28. The van der Waals surface area contributed by atoms with Crippen molar-refractivity contribution >= 4 is 33.2 Å². The molecule has 0 bridgehead atoms. The number of nitrogens with zero attached hydrogens (tertiary/aromatic N) is 1. The van der Waals surface area contributed by atoms with E-state index in [1.165, 1.54) is 18.1 Å². The van der Waals surface area contributed by atoms with Crippen LogP contribution >= 0.6 is 0 Å². The van der Waals surface area contributed by atoms with Gasteiger partial charge in [0.15, 0.2) is 0 Å². The van der Waals surface area contributed by atoms with Gasteiger partial charge in [-0.05, 0) is 61.4 Å². The van der Waals surface area contributed by atoms with Crippen molar-refractivity contribution in [3.8, 4) is 5.75 Å². The van der Waals surface area contributed by atoms with Gasteiger partial charge in [0.25, 0.3) is 15.9 Å². The smallest absolute Gasteiger partial charge is 0.265 e. The van der Waals surface area contributed by atoms with Gasteiger partial charge in [-0.25, -0.2) is 8.42 Å². The first-order valence-corrected chi connectivity index (χ1v) is 13.7. The molecule has 0 spiro atoms. The molecule has 3 rings (SSSR count). The van der Waals surface area contributed by atoms with Gasteiger partial charge in [0.2, 0.25) is 5.91 Å². The number of sulfonamides is 1. The second-order valence-electron chi connectivity index (χ2n) is 9.01. The number of hydrogen-bond donors (Lipinski definition) is 3. The number of anilines is 2. The number of hydrogen-bond acceptors (Lipinski definition) is 6. The Bertz CT molecular complexity index is 1390. The minimum atomic E-state index is -3.98. The standard InChI is InChI=1S/C28H34N4O5S/c1-20-7-5-8-22(17-20)28(34)30-16-15-29-23-9-6-10-24(19-23)31-38(35,36)26-18-21(11-13-25(26)37-4)12-14-27(33)32(2)3/h5-11,13,17-19,29,31H,12,14-16H2,1-4H3,(H,30,34). The minimum absolute atomic E-state index is 0.00738. The minimum Gasteiger partial charge on any atom is -0.495 e. The third-order valence-electron chi connectivity index (χ3n) is 5.78. The summed E-state index contributed by atoms with van der Waals surface area (Å²) in [5.74, 6) is 0.0143. The number of amides is 2. The van der Waals surface area contributed by atoms with Crippen LogP contribution in [0, 0.1) is 6.92 Å². The maximum atomic E-state index is 13.3. The lowest BCUT2D eigenvalue weighted by Crippen LogP contribution is -2.28. The summed E-state index contributed by atoms with van der Waals surface area (Å²) in [6.07, 6.45) is 0.675. The SMILES string of the molecule is COc1ccc(CCC(=O)N(C)C)cc1S(=O)(=O)Nc1cccc(NCCNC(=O)c2cccc(C)c2)c1. The highest BCUT2D eigenvalue weighted by Gasteiger charge is 2.21. The maximum Gasteiger partial charge on any atom is 0.265 e. The average molecular weight is 539 g/mol. The zero-order valence-corrected chi connectivity index (χ0v) is 22.9. The molecule has 10 heteroatoms. The summed E-state index contributed by atoms with van der Waals surface area (Å²) in [4.78, 5) is 25.7. The summed E-state index contributed by atoms with van der Waals surface area (Å²) in [5.41, 5.74) is 3.39. The summed E-state index contributed by atoms with van der Waals surface area (Å²) in [5, 5.41) is 6.05. The van der Waals surface area contributed by atoms with Crippen LogP contribution in [0.4, 0.5) is 11.4 Å². The van der Waals surface area contributed by atoms with Gasteiger partial charge >= 0.3 is 0 Å². The van der Waals surface area contributed by atoms with Gasteiger partial charge in [-0.1, -0.05) is 29.8 Å². The van der Waals surface area contributed by atoms with Crippen molar-refractivity contribution in [2.45, 2.75) is 24.7 Å². The summed E-state index contributed by atoms with van der Waals surface area (Å²) in [7, 11) is 0.795. The monoisotopic (exact) mass is 538 g/mol. The lowest BCUT2D eigenvalue weighted by Gasteiger charge is -2.15. The third-order valence-corrected chi connectivity index (χ3v) is 7.18. The van der Waals surface area contributed by atoms with Crippen molar-refractivity contribution in [1.82, 2.24) is 10.2 Å². The van der Waals surface area contributed by atoms with E-state index < -0.39 is 10.0 Å². The van der Waals surface area contributed by atoms with E-state index in [0.717, 1.165) is 5.56 Å². The van der Waals surface area contributed by atoms with Gasteiger partial charge in [0.1, 0.15) is 10.6 Å². The Kier molecular flexibility index (Phi) is 9.72. The quantitative estimate of drug-likeness (QED) is 0.303. The van der Waals surface area contributed by atoms with Gasteiger partial charge < -0.3 is 20.3 Å². The van der Waals surface area contributed by atoms with E-state index in [1.807, 2.05) is 31.2 Å². The molecule has 0 saturated carbocycles. The van der Waals surface area contributed by atoms with Crippen molar-refractivity contribution in [2.75, 3.05) is 44.3 Å². The molecule has 0 saturated heterocycles. The third kappa shape index (κ3) is 7.97. The first kappa shape index (κ1) is 28.5. The lowest BCUT2D eigenvalue weighted by atomic mass is 10.1. The zero-order chi connectivity index (χ0) is 27.7. The topological polar surface area (TPSA) is 117 Å². The summed E-state index contributed by atoms with van der Waals surface area (Å²) in [6.45, 7) is 2.78. The average Bonchev–Trinajstić information content (AvgIpc) is 2.89. The Labute approximate surface area is 224 Å². The van der Waals surface area contributed by atoms with Crippen LogP contribution in [0.1, 0.15) is 27.9 Å². The second-order valence-corrected chi connectivity index (χ2v) is 10.7. The molecule has 38 heavy (non-hydrogen) atoms. The zero-order valence-electron chi connectivity index (χ0n) is 22.1. The number of rotatable bonds is 12. The first-order chi connectivity index (χ1) is 18.1. The van der Waals surface area contributed by atoms with Gasteiger partial charge in [0.05, 0.1) is 12.8 Å². The number of methoxy groups -OCH3 is 1. The van der Waals surface area contributed by atoms with Gasteiger partial charge in [-0.15, -0.1) is 0 Å². The van der Waals surface area contributed by atoms with Crippen LogP contribution in [0.25, 0.3) is 0 Å². The van der Waals surface area contributed by atoms with E-state index in [9.17, 15) is 18.0 Å². The number of nitrogens with one attached hydrogen (secondary N) is 3. The fraction of sp³-hybridized carbons (Fsp3) is 0.286. The molecular weight excluding hydrogens is 504 g/mol. The molecule has 0 unspecified atom stereocenters. The number of ether oxygens (including phenoxy) is 1. The van der Waals surface area contributed by atoms with E-state index >= 15 is 0 Å². The van der Waals surface area contributed by atoms with Crippen molar-refractivity contribution in [2.24, 2.45) is 0 Å². The molecule has 0 aliphatic rings. The van der Waals surface area contributed by atoms with Crippen LogP contribution in [0.3, 0.4) is 0 Å². The summed E-state index contributed by atoms with van der Waals surface area (Å²) >= 11 is 0. The van der Waals surface area contributed by atoms with Crippen LogP contribution in [-0.2, 0) is 21.2 Å². The number of aryl methyl sites for hydroxylation is 2. The van der Waals surface area contributed by atoms with Crippen molar-refractivity contribution in [3.63, 3.8) is 0 Å². The van der Waals surface area contributed by atoms with Gasteiger partial charge in [-0.3, -0.25) is 14.3 Å². The molecule has 0 heterocycles. The van der Waals surface area contributed by atoms with Crippen LogP contribution in [0.15, 0.2) is 71.6 Å². The lowest BCUT2D eigenvalue weighted by molar-refractivity contribution is -0.128. The van der Waals surface area contributed by atoms with Crippen molar-refractivity contribution in [3.05, 3.63) is 83.4 Å². The van der Waals surface area contributed by atoms with Crippen LogP contribution in [0.2, 0.25) is 0 Å². The van der Waals surface area contributed by atoms with Gasteiger partial charge in [-0.2, -0.15) is 0 Å². The first-order valence-electron chi connectivity index (χ1n) is 12.2. The van der Waals surface area contributed by atoms with Crippen LogP contribution < -0.4 is 20.1 Å². The second kappa shape index (κ2) is 13.0. The van der Waals surface area contributed by atoms with E-state index in [1.54, 1.807) is 50.5 Å². The Hall–Kier alpha value is -4.05. The molecule has 3 aromatic carbocycles. The molecule has 0 aliphatic heterocycles. The van der Waals surface area contributed by atoms with E-state index in [-0.39, 0.29) is 28.9 Å². The number of carbonyl (C=O) groups is 2. The maximum absolute atomic E-state index is 13.3. The van der Waals surface area contributed by atoms with Crippen LogP contribution in [-0.4, -0.2) is 59.4 Å². The molecule has 3 aromatic rings. The molecular formula is C28H34N4O5S. The Morgan fingerprint density at radius 2 is 1.66 bits per heavy atom. The Morgan fingerprint density at radius 3 is 2.37 bits per heavy atom.